The van der Waals surface area contributed by atoms with Gasteiger partial charge in [0.15, 0.2) is 16.9 Å². The highest BCUT2D eigenvalue weighted by atomic mass is 16.7. The van der Waals surface area contributed by atoms with E-state index in [0.29, 0.717) is 18.3 Å². The topological polar surface area (TPSA) is 143 Å². The molecule has 0 aliphatic heterocycles. The molecule has 3 saturated carbocycles. The SMILES string of the molecule is C=C1C=CC2(C)C(=C1)CCC1C2C(O)CC2(C)C(C(=O)COC(=O)Cc3ccc(CON=O)cc3)CCC12.CC(C)(O)O. The van der Waals surface area contributed by atoms with Gasteiger partial charge in [-0.15, -0.1) is 4.91 Å². The zero-order valence-corrected chi connectivity index (χ0v) is 25.6. The molecule has 9 heteroatoms. The number of hydrogen-bond acceptors (Lipinski definition) is 9. The smallest absolute Gasteiger partial charge is 0.310 e. The zero-order valence-electron chi connectivity index (χ0n) is 25.6. The standard InChI is InChI=1S/C31H37NO6.C3H8O2/c1-19-12-13-30(2)22(14-19)8-9-23-24-10-11-25(31(24,3)16-26(33)29(23)30)27(34)18-37-28(35)15-20-4-6-21(7-5-20)17-38-32-36;1-3(2,4)5/h4-7,12-14,23-26,29,33H,1,8-11,15-18H2,2-3H3;4-5H,1-2H3. The summed E-state index contributed by atoms with van der Waals surface area (Å²) in [5, 5.41) is 30.1. The number of ether oxygens (including phenoxy) is 1. The van der Waals surface area contributed by atoms with Crippen molar-refractivity contribution in [2.75, 3.05) is 6.61 Å². The van der Waals surface area contributed by atoms with E-state index in [1.165, 1.54) is 19.4 Å². The number of hydrogen-bond donors (Lipinski definition) is 3. The van der Waals surface area contributed by atoms with Crippen LogP contribution in [0.3, 0.4) is 0 Å². The molecule has 1 aromatic carbocycles. The molecule has 0 amide bonds. The number of carbonyl (C=O) groups is 2. The summed E-state index contributed by atoms with van der Waals surface area (Å²) in [6.45, 7) is 11.0. The van der Waals surface area contributed by atoms with Gasteiger partial charge in [-0.3, -0.25) is 9.59 Å². The van der Waals surface area contributed by atoms with Crippen LogP contribution in [0.5, 0.6) is 0 Å². The summed E-state index contributed by atoms with van der Waals surface area (Å²) < 4.78 is 5.41. The largest absolute Gasteiger partial charge is 0.457 e. The van der Waals surface area contributed by atoms with Gasteiger partial charge in [0, 0.05) is 17.3 Å². The minimum Gasteiger partial charge on any atom is -0.457 e. The molecule has 5 rings (SSSR count). The van der Waals surface area contributed by atoms with Gasteiger partial charge < -0.3 is 24.9 Å². The number of benzene rings is 1. The van der Waals surface area contributed by atoms with Gasteiger partial charge in [0.2, 0.25) is 0 Å². The van der Waals surface area contributed by atoms with E-state index in [9.17, 15) is 19.6 Å². The van der Waals surface area contributed by atoms with Crippen molar-refractivity contribution in [2.24, 2.45) is 39.8 Å². The Balaban J connectivity index is 0.000000782. The van der Waals surface area contributed by atoms with Gasteiger partial charge >= 0.3 is 5.97 Å². The van der Waals surface area contributed by atoms with E-state index in [4.69, 9.17) is 14.9 Å². The van der Waals surface area contributed by atoms with Gasteiger partial charge in [0.25, 0.3) is 0 Å². The van der Waals surface area contributed by atoms with Crippen LogP contribution in [0.4, 0.5) is 0 Å². The maximum Gasteiger partial charge on any atom is 0.310 e. The number of nitrogens with zero attached hydrogens (tertiary/aromatic N) is 1. The maximum atomic E-state index is 13.4. The number of esters is 1. The second-order valence-electron chi connectivity index (χ2n) is 13.6. The Labute approximate surface area is 253 Å². The summed E-state index contributed by atoms with van der Waals surface area (Å²) in [6, 6.07) is 7.03. The molecule has 0 saturated heterocycles. The summed E-state index contributed by atoms with van der Waals surface area (Å²) in [7, 11) is 0. The predicted molar refractivity (Wildman–Crippen MR) is 161 cm³/mol. The van der Waals surface area contributed by atoms with E-state index < -0.39 is 17.9 Å². The van der Waals surface area contributed by atoms with Crippen molar-refractivity contribution in [3.63, 3.8) is 0 Å². The molecule has 3 fully saturated rings. The van der Waals surface area contributed by atoms with Gasteiger partial charge in [-0.1, -0.05) is 68.5 Å². The van der Waals surface area contributed by atoms with Gasteiger partial charge in [0.1, 0.15) is 13.2 Å². The lowest BCUT2D eigenvalue weighted by atomic mass is 9.46. The molecule has 0 bridgehead atoms. The molecule has 0 heterocycles. The van der Waals surface area contributed by atoms with Crippen molar-refractivity contribution in [3.05, 3.63) is 76.3 Å². The van der Waals surface area contributed by atoms with Gasteiger partial charge in [-0.05, 0) is 79.9 Å². The van der Waals surface area contributed by atoms with Gasteiger partial charge in [-0.25, -0.2) is 0 Å². The Morgan fingerprint density at radius 2 is 1.74 bits per heavy atom. The first-order valence-corrected chi connectivity index (χ1v) is 15.1. The molecule has 4 aliphatic carbocycles. The molecule has 0 radical (unpaired) electrons. The highest BCUT2D eigenvalue weighted by Crippen LogP contribution is 2.66. The number of ketones is 1. The summed E-state index contributed by atoms with van der Waals surface area (Å²) in [4.78, 5) is 40.4. The lowest BCUT2D eigenvalue weighted by Crippen LogP contribution is -2.56. The number of allylic oxidation sites excluding steroid dienone is 5. The first kappa shape index (κ1) is 32.8. The average molecular weight is 596 g/mol. The molecule has 9 nitrogen and oxygen atoms in total. The fraction of sp³-hybridized carbons (Fsp3) is 0.588. The Morgan fingerprint density at radius 1 is 1.09 bits per heavy atom. The quantitative estimate of drug-likeness (QED) is 0.163. The van der Waals surface area contributed by atoms with Crippen LogP contribution in [0.15, 0.2) is 65.6 Å². The van der Waals surface area contributed by atoms with Crippen molar-refractivity contribution in [2.45, 2.75) is 84.7 Å². The number of carbonyl (C=O) groups excluding carboxylic acids is 2. The number of Topliss-reactive ketones (excluding diaryl/α,β-unsaturated/α-hetero) is 1. The van der Waals surface area contributed by atoms with E-state index in [0.717, 1.165) is 42.4 Å². The van der Waals surface area contributed by atoms with Crippen LogP contribution in [0, 0.1) is 39.4 Å². The Bertz CT molecular complexity index is 1270. The van der Waals surface area contributed by atoms with Crippen molar-refractivity contribution in [3.8, 4) is 0 Å². The molecule has 234 valence electrons. The lowest BCUT2D eigenvalue weighted by molar-refractivity contribution is -0.153. The van der Waals surface area contributed by atoms with Crippen LogP contribution >= 0.6 is 0 Å². The van der Waals surface area contributed by atoms with E-state index >= 15 is 0 Å². The fourth-order valence-corrected chi connectivity index (χ4v) is 8.26. The van der Waals surface area contributed by atoms with Crippen molar-refractivity contribution in [1.29, 1.82) is 0 Å². The molecule has 0 spiro atoms. The minimum atomic E-state index is -1.50. The molecular weight excluding hydrogens is 550 g/mol. The molecule has 4 aliphatic rings. The third-order valence-corrected chi connectivity index (χ3v) is 10.0. The van der Waals surface area contributed by atoms with Crippen LogP contribution in [-0.2, 0) is 32.2 Å². The molecule has 7 unspecified atom stereocenters. The predicted octanol–water partition coefficient (Wildman–Crippen LogP) is 5.13. The van der Waals surface area contributed by atoms with Crippen molar-refractivity contribution >= 4 is 11.8 Å². The summed E-state index contributed by atoms with van der Waals surface area (Å²) in [5.41, 5.74) is 3.44. The number of aliphatic hydroxyl groups excluding tert-OH is 1. The molecule has 43 heavy (non-hydrogen) atoms. The lowest BCUT2D eigenvalue weighted by Gasteiger charge is -2.58. The van der Waals surface area contributed by atoms with E-state index in [1.807, 2.05) is 0 Å². The monoisotopic (exact) mass is 595 g/mol. The Kier molecular flexibility index (Phi) is 9.79. The van der Waals surface area contributed by atoms with Crippen LogP contribution < -0.4 is 0 Å². The molecule has 0 aromatic heterocycles. The molecular formula is C34H45NO8. The molecule has 3 N–H and O–H groups in total. The van der Waals surface area contributed by atoms with E-state index in [-0.39, 0.29) is 48.1 Å². The molecule has 1 aromatic rings. The summed E-state index contributed by atoms with van der Waals surface area (Å²) in [5.74, 6) is -1.34. The first-order chi connectivity index (χ1) is 20.2. The van der Waals surface area contributed by atoms with Crippen LogP contribution in [-0.4, -0.2) is 45.6 Å². The Morgan fingerprint density at radius 3 is 2.40 bits per heavy atom. The highest BCUT2D eigenvalue weighted by molar-refractivity contribution is 5.85. The highest BCUT2D eigenvalue weighted by Gasteiger charge is 2.62. The third-order valence-electron chi connectivity index (χ3n) is 10.0. The zero-order chi connectivity index (χ0) is 31.6. The van der Waals surface area contributed by atoms with Crippen LogP contribution in [0.2, 0.25) is 0 Å². The second kappa shape index (κ2) is 12.8. The number of fused-ring (bicyclic) bond motifs is 5. The fourth-order valence-electron chi connectivity index (χ4n) is 8.26. The van der Waals surface area contributed by atoms with Crippen LogP contribution in [0.25, 0.3) is 0 Å². The van der Waals surface area contributed by atoms with Crippen LogP contribution in [0.1, 0.15) is 70.9 Å². The normalized spacial score (nSPS) is 32.7. The maximum absolute atomic E-state index is 13.4. The number of rotatable bonds is 8. The van der Waals surface area contributed by atoms with E-state index in [1.54, 1.807) is 24.3 Å². The first-order valence-electron chi connectivity index (χ1n) is 15.1. The van der Waals surface area contributed by atoms with Crippen molar-refractivity contribution < 1.29 is 34.5 Å². The number of aliphatic hydroxyl groups is 3. The molecule has 7 atom stereocenters. The summed E-state index contributed by atoms with van der Waals surface area (Å²) >= 11 is 0. The van der Waals surface area contributed by atoms with Crippen molar-refractivity contribution in [1.82, 2.24) is 0 Å². The average Bonchev–Trinajstić information content (AvgIpc) is 3.27. The second-order valence-corrected chi connectivity index (χ2v) is 13.6. The minimum absolute atomic E-state index is 0.0423. The summed E-state index contributed by atoms with van der Waals surface area (Å²) in [6.07, 6.45) is 10.4. The van der Waals surface area contributed by atoms with Gasteiger partial charge in [0.05, 0.1) is 12.5 Å². The third kappa shape index (κ3) is 7.33. The van der Waals surface area contributed by atoms with Gasteiger partial charge in [-0.2, -0.15) is 0 Å². The van der Waals surface area contributed by atoms with E-state index in [2.05, 4.69) is 48.8 Å². The Hall–Kier alpha value is -3.14.